The van der Waals surface area contributed by atoms with Crippen molar-refractivity contribution in [1.82, 2.24) is 4.98 Å². The van der Waals surface area contributed by atoms with E-state index in [2.05, 4.69) is 22.2 Å². The highest BCUT2D eigenvalue weighted by molar-refractivity contribution is 8.15. The first-order valence-corrected chi connectivity index (χ1v) is 8.31. The number of aliphatic imine (C=N–C) groups is 1. The van der Waals surface area contributed by atoms with Gasteiger partial charge in [0.2, 0.25) is 0 Å². The van der Waals surface area contributed by atoms with Crippen LogP contribution in [0.2, 0.25) is 0 Å². The van der Waals surface area contributed by atoms with Gasteiger partial charge in [0, 0.05) is 17.1 Å². The standard InChI is InChI=1S/C17H18N4OS/c1-12-8-9-18-15(10-12)21(17-19-11-13(2)23-17)16(22)20-14-6-4-3-5-7-14/h3-10,13H,11H2,1-2H3,(H,20,22)/t13-/m0/s1. The summed E-state index contributed by atoms with van der Waals surface area (Å²) < 4.78 is 0. The second-order valence-electron chi connectivity index (χ2n) is 5.37. The van der Waals surface area contributed by atoms with Crippen LogP contribution in [0.5, 0.6) is 0 Å². The third-order valence-electron chi connectivity index (χ3n) is 3.34. The van der Waals surface area contributed by atoms with Crippen molar-refractivity contribution in [3.63, 3.8) is 0 Å². The summed E-state index contributed by atoms with van der Waals surface area (Å²) in [5, 5.41) is 3.95. The second-order valence-corrected chi connectivity index (χ2v) is 6.78. The third kappa shape index (κ3) is 3.71. The quantitative estimate of drug-likeness (QED) is 0.910. The molecular formula is C17H18N4OS. The fourth-order valence-electron chi connectivity index (χ4n) is 2.22. The molecule has 0 bridgehead atoms. The lowest BCUT2D eigenvalue weighted by Crippen LogP contribution is -2.39. The molecule has 1 aromatic carbocycles. The van der Waals surface area contributed by atoms with Crippen LogP contribution in [0.3, 0.4) is 0 Å². The molecule has 1 N–H and O–H groups in total. The van der Waals surface area contributed by atoms with E-state index in [1.165, 1.54) is 0 Å². The lowest BCUT2D eigenvalue weighted by atomic mass is 10.3. The predicted octanol–water partition coefficient (Wildman–Crippen LogP) is 3.92. The van der Waals surface area contributed by atoms with Crippen molar-refractivity contribution in [2.75, 3.05) is 16.8 Å². The van der Waals surface area contributed by atoms with E-state index in [4.69, 9.17) is 0 Å². The lowest BCUT2D eigenvalue weighted by molar-refractivity contribution is 0.259. The van der Waals surface area contributed by atoms with Gasteiger partial charge in [-0.3, -0.25) is 4.99 Å². The van der Waals surface area contributed by atoms with Crippen molar-refractivity contribution >= 4 is 34.5 Å². The van der Waals surface area contributed by atoms with Crippen molar-refractivity contribution in [2.24, 2.45) is 4.99 Å². The highest BCUT2D eigenvalue weighted by Crippen LogP contribution is 2.27. The second kappa shape index (κ2) is 6.83. The van der Waals surface area contributed by atoms with Crippen molar-refractivity contribution in [2.45, 2.75) is 19.1 Å². The first kappa shape index (κ1) is 15.6. The number of carbonyl (C=O) groups is 1. The van der Waals surface area contributed by atoms with Crippen molar-refractivity contribution in [3.05, 3.63) is 54.2 Å². The zero-order valence-corrected chi connectivity index (χ0v) is 13.9. The monoisotopic (exact) mass is 326 g/mol. The number of anilines is 2. The van der Waals surface area contributed by atoms with Crippen LogP contribution in [-0.2, 0) is 0 Å². The number of aryl methyl sites for hydroxylation is 1. The molecule has 1 aliphatic rings. The Kier molecular flexibility index (Phi) is 4.62. The van der Waals surface area contributed by atoms with Gasteiger partial charge in [-0.15, -0.1) is 0 Å². The molecule has 0 unspecified atom stereocenters. The van der Waals surface area contributed by atoms with E-state index in [0.29, 0.717) is 22.8 Å². The molecule has 5 nitrogen and oxygen atoms in total. The number of hydrogen-bond acceptors (Lipinski definition) is 4. The molecule has 0 radical (unpaired) electrons. The van der Waals surface area contributed by atoms with Crippen molar-refractivity contribution in [3.8, 4) is 0 Å². The Hall–Kier alpha value is -2.34. The SMILES string of the molecule is Cc1ccnc(N(C(=O)Nc2ccccc2)C2=NC[C@H](C)S2)c1. The average molecular weight is 326 g/mol. The summed E-state index contributed by atoms with van der Waals surface area (Å²) in [6, 6.07) is 12.9. The molecule has 118 valence electrons. The maximum absolute atomic E-state index is 12.8. The molecule has 6 heteroatoms. The highest BCUT2D eigenvalue weighted by atomic mass is 32.2. The molecule has 2 aromatic rings. The Bertz CT molecular complexity index is 732. The van der Waals surface area contributed by atoms with Gasteiger partial charge in [-0.05, 0) is 36.8 Å². The van der Waals surface area contributed by atoms with E-state index in [1.807, 2.05) is 49.4 Å². The van der Waals surface area contributed by atoms with Gasteiger partial charge < -0.3 is 5.32 Å². The number of carbonyl (C=O) groups excluding carboxylic acids is 1. The van der Waals surface area contributed by atoms with Crippen molar-refractivity contribution < 1.29 is 4.79 Å². The van der Waals surface area contributed by atoms with Gasteiger partial charge in [0.15, 0.2) is 5.17 Å². The smallest absolute Gasteiger partial charge is 0.307 e. The van der Waals surface area contributed by atoms with E-state index in [1.54, 1.807) is 22.9 Å². The van der Waals surface area contributed by atoms with Gasteiger partial charge in [-0.25, -0.2) is 14.7 Å². The number of pyridine rings is 1. The van der Waals surface area contributed by atoms with E-state index in [0.717, 1.165) is 11.3 Å². The maximum atomic E-state index is 12.8. The van der Waals surface area contributed by atoms with E-state index in [-0.39, 0.29) is 6.03 Å². The fourth-order valence-corrected chi connectivity index (χ4v) is 3.16. The predicted molar refractivity (Wildman–Crippen MR) is 96.3 cm³/mol. The molecule has 0 saturated heterocycles. The molecule has 0 aliphatic carbocycles. The molecule has 3 rings (SSSR count). The summed E-state index contributed by atoms with van der Waals surface area (Å²) in [5.74, 6) is 0.582. The van der Waals surface area contributed by atoms with Gasteiger partial charge in [0.05, 0.1) is 6.54 Å². The van der Waals surface area contributed by atoms with Crippen LogP contribution in [0.1, 0.15) is 12.5 Å². The Morgan fingerprint density at radius 2 is 2.09 bits per heavy atom. The largest absolute Gasteiger partial charge is 0.333 e. The summed E-state index contributed by atoms with van der Waals surface area (Å²) in [5.41, 5.74) is 1.79. The number of hydrogen-bond donors (Lipinski definition) is 1. The summed E-state index contributed by atoms with van der Waals surface area (Å²) >= 11 is 1.59. The van der Waals surface area contributed by atoms with E-state index >= 15 is 0 Å². The van der Waals surface area contributed by atoms with Gasteiger partial charge in [-0.2, -0.15) is 0 Å². The average Bonchev–Trinajstić information content (AvgIpc) is 2.94. The fraction of sp³-hybridized carbons (Fsp3) is 0.235. The highest BCUT2D eigenvalue weighted by Gasteiger charge is 2.28. The molecule has 2 heterocycles. The molecule has 0 fully saturated rings. The molecule has 1 aliphatic heterocycles. The molecule has 0 spiro atoms. The Morgan fingerprint density at radius 3 is 2.74 bits per heavy atom. The van der Waals surface area contributed by atoms with E-state index in [9.17, 15) is 4.79 Å². The molecule has 0 saturated carbocycles. The van der Waals surface area contributed by atoms with Crippen LogP contribution in [0.4, 0.5) is 16.3 Å². The first-order chi connectivity index (χ1) is 11.1. The summed E-state index contributed by atoms with van der Waals surface area (Å²) in [6.07, 6.45) is 1.71. The summed E-state index contributed by atoms with van der Waals surface area (Å²) in [4.78, 5) is 23.2. The number of nitrogens with one attached hydrogen (secondary N) is 1. The minimum absolute atomic E-state index is 0.255. The topological polar surface area (TPSA) is 57.6 Å². The number of aromatic nitrogens is 1. The van der Waals surface area contributed by atoms with Crippen LogP contribution in [-0.4, -0.2) is 28.0 Å². The number of thioether (sulfide) groups is 1. The zero-order valence-electron chi connectivity index (χ0n) is 13.1. The molecular weight excluding hydrogens is 308 g/mol. The number of benzene rings is 1. The molecule has 2 amide bonds. The van der Waals surface area contributed by atoms with Gasteiger partial charge >= 0.3 is 6.03 Å². The number of nitrogens with zero attached hydrogens (tertiary/aromatic N) is 3. The van der Waals surface area contributed by atoms with Crippen LogP contribution >= 0.6 is 11.8 Å². The summed E-state index contributed by atoms with van der Waals surface area (Å²) in [7, 11) is 0. The number of amides is 2. The van der Waals surface area contributed by atoms with Gasteiger partial charge in [0.1, 0.15) is 5.82 Å². The number of rotatable bonds is 2. The normalized spacial score (nSPS) is 16.8. The minimum atomic E-state index is -0.255. The Balaban J connectivity index is 1.90. The number of amidine groups is 1. The first-order valence-electron chi connectivity index (χ1n) is 7.43. The number of urea groups is 1. The van der Waals surface area contributed by atoms with Crippen LogP contribution in [0.15, 0.2) is 53.7 Å². The van der Waals surface area contributed by atoms with E-state index < -0.39 is 0 Å². The molecule has 1 atom stereocenters. The third-order valence-corrected chi connectivity index (χ3v) is 4.41. The minimum Gasteiger partial charge on any atom is -0.307 e. The Labute approximate surface area is 139 Å². The lowest BCUT2D eigenvalue weighted by Gasteiger charge is -2.22. The maximum Gasteiger partial charge on any atom is 0.333 e. The zero-order chi connectivity index (χ0) is 16.2. The van der Waals surface area contributed by atoms with Crippen LogP contribution in [0, 0.1) is 6.92 Å². The van der Waals surface area contributed by atoms with Gasteiger partial charge in [-0.1, -0.05) is 36.9 Å². The Morgan fingerprint density at radius 1 is 1.30 bits per heavy atom. The molecule has 23 heavy (non-hydrogen) atoms. The molecule has 1 aromatic heterocycles. The van der Waals surface area contributed by atoms with Crippen LogP contribution in [0.25, 0.3) is 0 Å². The van der Waals surface area contributed by atoms with Gasteiger partial charge in [0.25, 0.3) is 0 Å². The van der Waals surface area contributed by atoms with Crippen LogP contribution < -0.4 is 10.2 Å². The number of para-hydroxylation sites is 1. The van der Waals surface area contributed by atoms with Crippen molar-refractivity contribution in [1.29, 1.82) is 0 Å². The summed E-state index contributed by atoms with van der Waals surface area (Å²) in [6.45, 7) is 4.78.